The van der Waals surface area contributed by atoms with Crippen LogP contribution in [0.15, 0.2) is 15.9 Å². The van der Waals surface area contributed by atoms with Crippen LogP contribution in [-0.2, 0) is 16.0 Å². The van der Waals surface area contributed by atoms with Crippen molar-refractivity contribution in [1.29, 1.82) is 0 Å². The van der Waals surface area contributed by atoms with Crippen LogP contribution in [0.1, 0.15) is 24.6 Å². The molecule has 0 spiro atoms. The molecule has 1 aromatic heterocycles. The first-order chi connectivity index (χ1) is 8.41. The summed E-state index contributed by atoms with van der Waals surface area (Å²) in [7, 11) is 0. The Morgan fingerprint density at radius 2 is 2.28 bits per heavy atom. The Kier molecular flexibility index (Phi) is 3.77. The van der Waals surface area contributed by atoms with E-state index in [9.17, 15) is 14.7 Å². The highest BCUT2D eigenvalue weighted by Crippen LogP contribution is 2.30. The number of carboxylic acids is 1. The average Bonchev–Trinajstić information content (AvgIpc) is 3.01. The topological polar surface area (TPSA) is 66.4 Å². The molecule has 4 nitrogen and oxygen atoms in total. The van der Waals surface area contributed by atoms with Gasteiger partial charge in [0, 0.05) is 27.2 Å². The molecule has 1 aliphatic carbocycles. The summed E-state index contributed by atoms with van der Waals surface area (Å²) in [6.07, 6.45) is 2.12. The number of halogens is 1. The summed E-state index contributed by atoms with van der Waals surface area (Å²) in [6.45, 7) is 1.49. The number of carboxylic acid groups (broad SMARTS) is 1. The molecule has 1 atom stereocenters. The minimum Gasteiger partial charge on any atom is -0.480 e. The predicted octanol–water partition coefficient (Wildman–Crippen LogP) is 2.42. The molecule has 6 heteroatoms. The van der Waals surface area contributed by atoms with E-state index in [1.807, 2.05) is 11.4 Å². The molecular formula is C12H14BrNO3S. The van der Waals surface area contributed by atoms with Crippen LogP contribution < -0.4 is 5.32 Å². The second kappa shape index (κ2) is 5.01. The largest absolute Gasteiger partial charge is 0.480 e. The number of aliphatic carboxylic acids is 1. The smallest absolute Gasteiger partial charge is 0.319 e. The summed E-state index contributed by atoms with van der Waals surface area (Å²) in [6, 6.07) is 2.03. The van der Waals surface area contributed by atoms with Gasteiger partial charge in [-0.05, 0) is 41.8 Å². The number of amides is 1. The number of carbonyl (C=O) groups excluding carboxylic acids is 1. The summed E-state index contributed by atoms with van der Waals surface area (Å²) >= 11 is 4.78. The van der Waals surface area contributed by atoms with Crippen LogP contribution >= 0.6 is 27.3 Å². The zero-order valence-electron chi connectivity index (χ0n) is 9.90. The Morgan fingerprint density at radius 3 is 2.72 bits per heavy atom. The molecule has 98 valence electrons. The van der Waals surface area contributed by atoms with Crippen LogP contribution in [0.4, 0.5) is 0 Å². The van der Waals surface area contributed by atoms with Gasteiger partial charge in [-0.3, -0.25) is 9.59 Å². The summed E-state index contributed by atoms with van der Waals surface area (Å²) in [5.74, 6) is -1.47. The highest BCUT2D eigenvalue weighted by atomic mass is 79.9. The number of hydrogen-bond acceptors (Lipinski definition) is 3. The molecule has 1 amide bonds. The van der Waals surface area contributed by atoms with Gasteiger partial charge in [-0.1, -0.05) is 0 Å². The van der Waals surface area contributed by atoms with Crippen LogP contribution in [0.3, 0.4) is 0 Å². The van der Waals surface area contributed by atoms with Crippen molar-refractivity contribution in [3.8, 4) is 0 Å². The third-order valence-corrected chi connectivity index (χ3v) is 4.73. The summed E-state index contributed by atoms with van der Waals surface area (Å²) in [5, 5.41) is 14.0. The maximum atomic E-state index is 12.1. The van der Waals surface area contributed by atoms with Crippen molar-refractivity contribution in [2.24, 2.45) is 5.41 Å². The molecule has 1 fully saturated rings. The fraction of sp³-hybridized carbons (Fsp3) is 0.500. The Hall–Kier alpha value is -0.880. The quantitative estimate of drug-likeness (QED) is 0.814. The second-order valence-electron chi connectivity index (χ2n) is 4.79. The van der Waals surface area contributed by atoms with Crippen molar-refractivity contribution in [3.63, 3.8) is 0 Å². The van der Waals surface area contributed by atoms with E-state index in [1.54, 1.807) is 0 Å². The molecule has 0 bridgehead atoms. The normalized spacial score (nSPS) is 18.1. The second-order valence-corrected chi connectivity index (χ2v) is 6.70. The van der Waals surface area contributed by atoms with Gasteiger partial charge in [-0.2, -0.15) is 0 Å². The lowest BCUT2D eigenvalue weighted by Gasteiger charge is -2.23. The van der Waals surface area contributed by atoms with E-state index >= 15 is 0 Å². The first-order valence-corrected chi connectivity index (χ1v) is 7.36. The fourth-order valence-electron chi connectivity index (χ4n) is 1.62. The van der Waals surface area contributed by atoms with Crippen LogP contribution in [0.2, 0.25) is 0 Å². The molecular weight excluding hydrogens is 318 g/mol. The standard InChI is InChI=1S/C12H14BrNO3S/c1-12(11(16)17,10(15)14-8-2-3-8)5-9-4-7(13)6-18-9/h4,6,8H,2-3,5H2,1H3,(H,14,15)(H,16,17). The molecule has 0 aliphatic heterocycles. The third kappa shape index (κ3) is 2.92. The van der Waals surface area contributed by atoms with E-state index in [0.717, 1.165) is 22.2 Å². The number of rotatable bonds is 5. The molecule has 0 radical (unpaired) electrons. The first kappa shape index (κ1) is 13.5. The third-order valence-electron chi connectivity index (χ3n) is 3.04. The van der Waals surface area contributed by atoms with Gasteiger partial charge >= 0.3 is 5.97 Å². The van der Waals surface area contributed by atoms with Crippen molar-refractivity contribution >= 4 is 39.1 Å². The van der Waals surface area contributed by atoms with Crippen molar-refractivity contribution in [2.75, 3.05) is 0 Å². The minimum absolute atomic E-state index is 0.172. The lowest BCUT2D eigenvalue weighted by atomic mass is 9.85. The average molecular weight is 332 g/mol. The van der Waals surface area contributed by atoms with E-state index in [2.05, 4.69) is 21.2 Å². The lowest BCUT2D eigenvalue weighted by molar-refractivity contribution is -0.154. The van der Waals surface area contributed by atoms with Crippen LogP contribution in [0.5, 0.6) is 0 Å². The Balaban J connectivity index is 2.14. The maximum Gasteiger partial charge on any atom is 0.319 e. The Morgan fingerprint density at radius 1 is 1.61 bits per heavy atom. The summed E-state index contributed by atoms with van der Waals surface area (Å²) < 4.78 is 0.915. The van der Waals surface area contributed by atoms with Crippen molar-refractivity contribution in [3.05, 3.63) is 20.8 Å². The minimum atomic E-state index is -1.40. The Labute approximate surface area is 118 Å². The number of hydrogen-bond donors (Lipinski definition) is 2. The zero-order chi connectivity index (χ0) is 13.3. The molecule has 1 saturated carbocycles. The predicted molar refractivity (Wildman–Crippen MR) is 72.6 cm³/mol. The van der Waals surface area contributed by atoms with Gasteiger partial charge in [0.25, 0.3) is 0 Å². The van der Waals surface area contributed by atoms with Gasteiger partial charge in [-0.25, -0.2) is 0 Å². The van der Waals surface area contributed by atoms with Crippen LogP contribution in [0, 0.1) is 5.41 Å². The van der Waals surface area contributed by atoms with Gasteiger partial charge in [0.15, 0.2) is 0 Å². The van der Waals surface area contributed by atoms with Gasteiger partial charge in [0.2, 0.25) is 5.91 Å². The number of nitrogens with one attached hydrogen (secondary N) is 1. The zero-order valence-corrected chi connectivity index (χ0v) is 12.3. The van der Waals surface area contributed by atoms with Crippen molar-refractivity contribution in [1.82, 2.24) is 5.32 Å². The molecule has 1 aromatic rings. The lowest BCUT2D eigenvalue weighted by Crippen LogP contribution is -2.46. The van der Waals surface area contributed by atoms with E-state index in [0.29, 0.717) is 0 Å². The van der Waals surface area contributed by atoms with Gasteiger partial charge in [-0.15, -0.1) is 11.3 Å². The molecule has 1 unspecified atom stereocenters. The van der Waals surface area contributed by atoms with Crippen LogP contribution in [0.25, 0.3) is 0 Å². The monoisotopic (exact) mass is 331 g/mol. The highest BCUT2D eigenvalue weighted by molar-refractivity contribution is 9.10. The fourth-order valence-corrected chi connectivity index (χ4v) is 3.23. The summed E-state index contributed by atoms with van der Waals surface area (Å²) in [5.41, 5.74) is -1.40. The Bertz CT molecular complexity index is 483. The van der Waals surface area contributed by atoms with Crippen molar-refractivity contribution in [2.45, 2.75) is 32.2 Å². The summed E-state index contributed by atoms with van der Waals surface area (Å²) in [4.78, 5) is 24.4. The van der Waals surface area contributed by atoms with E-state index in [-0.39, 0.29) is 18.4 Å². The molecule has 0 aromatic carbocycles. The van der Waals surface area contributed by atoms with Crippen molar-refractivity contribution < 1.29 is 14.7 Å². The molecule has 1 aliphatic rings. The molecule has 2 rings (SSSR count). The van der Waals surface area contributed by atoms with E-state index < -0.39 is 11.4 Å². The molecule has 0 saturated heterocycles. The van der Waals surface area contributed by atoms with Gasteiger partial charge < -0.3 is 10.4 Å². The van der Waals surface area contributed by atoms with E-state index in [4.69, 9.17) is 0 Å². The number of carbonyl (C=O) groups is 2. The van der Waals surface area contributed by atoms with Gasteiger partial charge in [0.1, 0.15) is 5.41 Å². The molecule has 2 N–H and O–H groups in total. The maximum absolute atomic E-state index is 12.1. The molecule has 1 heterocycles. The SMILES string of the molecule is CC(Cc1cc(Br)cs1)(C(=O)O)C(=O)NC1CC1. The van der Waals surface area contributed by atoms with Gasteiger partial charge in [0.05, 0.1) is 0 Å². The van der Waals surface area contributed by atoms with Crippen LogP contribution in [-0.4, -0.2) is 23.0 Å². The molecule has 18 heavy (non-hydrogen) atoms. The number of thiophene rings is 1. The van der Waals surface area contributed by atoms with E-state index in [1.165, 1.54) is 18.3 Å². The first-order valence-electron chi connectivity index (χ1n) is 5.69. The highest BCUT2D eigenvalue weighted by Gasteiger charge is 2.43.